The first-order chi connectivity index (χ1) is 14.2. The minimum absolute atomic E-state index is 0.158. The summed E-state index contributed by atoms with van der Waals surface area (Å²) in [5.41, 5.74) is 2.87. The van der Waals surface area contributed by atoms with E-state index in [0.29, 0.717) is 6.54 Å². The molecule has 1 aromatic heterocycles. The van der Waals surface area contributed by atoms with Crippen molar-refractivity contribution in [2.45, 2.75) is 32.7 Å². The van der Waals surface area contributed by atoms with Crippen LogP contribution in [0.3, 0.4) is 0 Å². The lowest BCUT2D eigenvalue weighted by Crippen LogP contribution is -2.35. The normalized spacial score (nSPS) is 11.1. The molecule has 0 unspecified atom stereocenters. The van der Waals surface area contributed by atoms with Crippen LogP contribution >= 0.6 is 0 Å². The molecule has 5 heteroatoms. The number of hydrogen-bond acceptors (Lipinski definition) is 2. The van der Waals surface area contributed by atoms with E-state index in [9.17, 15) is 4.79 Å². The maximum Gasteiger partial charge on any atom is 0.344 e. The zero-order valence-corrected chi connectivity index (χ0v) is 16.7. The van der Waals surface area contributed by atoms with E-state index in [1.807, 2.05) is 43.3 Å². The number of benzene rings is 3. The Morgan fingerprint density at radius 3 is 2.45 bits per heavy atom. The lowest BCUT2D eigenvalue weighted by molar-refractivity contribution is -0.683. The van der Waals surface area contributed by atoms with Crippen molar-refractivity contribution in [1.82, 2.24) is 5.32 Å². The Hall–Kier alpha value is -3.34. The van der Waals surface area contributed by atoms with Crippen LogP contribution in [0.1, 0.15) is 25.2 Å². The first-order valence-electron chi connectivity index (χ1n) is 10.1. The molecule has 0 spiro atoms. The van der Waals surface area contributed by atoms with Crippen molar-refractivity contribution >= 4 is 33.6 Å². The van der Waals surface area contributed by atoms with Gasteiger partial charge in [0, 0.05) is 24.7 Å². The molecule has 0 aliphatic heterocycles. The van der Waals surface area contributed by atoms with Gasteiger partial charge in [-0.3, -0.25) is 0 Å². The van der Waals surface area contributed by atoms with Crippen LogP contribution in [-0.4, -0.2) is 12.6 Å². The molecule has 29 heavy (non-hydrogen) atoms. The van der Waals surface area contributed by atoms with Crippen LogP contribution in [-0.2, 0) is 6.54 Å². The summed E-state index contributed by atoms with van der Waals surface area (Å²) in [5, 5.41) is 8.16. The largest absolute Gasteiger partial charge is 0.402 e. The molecule has 0 saturated carbocycles. The van der Waals surface area contributed by atoms with Crippen LogP contribution in [0.15, 0.2) is 71.1 Å². The molecule has 0 aliphatic rings. The van der Waals surface area contributed by atoms with E-state index in [4.69, 9.17) is 4.42 Å². The van der Waals surface area contributed by atoms with E-state index < -0.39 is 0 Å². The van der Waals surface area contributed by atoms with Gasteiger partial charge in [0.25, 0.3) is 5.52 Å². The highest BCUT2D eigenvalue weighted by Crippen LogP contribution is 2.22. The van der Waals surface area contributed by atoms with E-state index in [1.165, 1.54) is 10.8 Å². The predicted molar refractivity (Wildman–Crippen MR) is 116 cm³/mol. The Morgan fingerprint density at radius 2 is 1.66 bits per heavy atom. The van der Waals surface area contributed by atoms with Gasteiger partial charge in [-0.15, -0.1) is 0 Å². The number of aromatic nitrogens is 1. The molecule has 0 radical (unpaired) electrons. The molecule has 148 valence electrons. The van der Waals surface area contributed by atoms with E-state index in [0.717, 1.165) is 48.5 Å². The summed E-state index contributed by atoms with van der Waals surface area (Å²) in [6.07, 6.45) is 3.02. The molecule has 5 nitrogen and oxygen atoms in total. The van der Waals surface area contributed by atoms with Gasteiger partial charge >= 0.3 is 11.9 Å². The number of fused-ring (bicyclic) bond motifs is 2. The molecule has 4 aromatic rings. The fourth-order valence-corrected chi connectivity index (χ4v) is 3.63. The van der Waals surface area contributed by atoms with Gasteiger partial charge in [0.15, 0.2) is 6.54 Å². The van der Waals surface area contributed by atoms with Gasteiger partial charge in [-0.2, -0.15) is 4.57 Å². The third kappa shape index (κ3) is 4.57. The van der Waals surface area contributed by atoms with Crippen molar-refractivity contribution in [2.75, 3.05) is 11.9 Å². The lowest BCUT2D eigenvalue weighted by atomic mass is 10.1. The summed E-state index contributed by atoms with van der Waals surface area (Å²) in [4.78, 5) is 11.9. The third-order valence-corrected chi connectivity index (χ3v) is 5.13. The Kier molecular flexibility index (Phi) is 5.75. The third-order valence-electron chi connectivity index (χ3n) is 5.13. The van der Waals surface area contributed by atoms with Gasteiger partial charge in [-0.05, 0) is 41.8 Å². The summed E-state index contributed by atoms with van der Waals surface area (Å²) < 4.78 is 8.22. The van der Waals surface area contributed by atoms with Crippen molar-refractivity contribution in [3.05, 3.63) is 72.6 Å². The number of unbranched alkanes of at least 4 members (excludes halogenated alkanes) is 2. The van der Waals surface area contributed by atoms with Gasteiger partial charge in [0.2, 0.25) is 5.58 Å². The van der Waals surface area contributed by atoms with E-state index in [2.05, 4.69) is 45.5 Å². The molecule has 0 fully saturated rings. The van der Waals surface area contributed by atoms with Crippen LogP contribution in [0.5, 0.6) is 0 Å². The first-order valence-corrected chi connectivity index (χ1v) is 10.1. The molecule has 0 bridgehead atoms. The molecule has 0 aliphatic carbocycles. The van der Waals surface area contributed by atoms with E-state index in [-0.39, 0.29) is 6.03 Å². The monoisotopic (exact) mass is 388 g/mol. The van der Waals surface area contributed by atoms with Crippen molar-refractivity contribution < 1.29 is 13.8 Å². The van der Waals surface area contributed by atoms with Gasteiger partial charge in [-0.25, -0.2) is 4.79 Å². The number of urea groups is 1. The molecule has 2 N–H and O–H groups in total. The molecular formula is C24H26N3O2+. The smallest absolute Gasteiger partial charge is 0.344 e. The summed E-state index contributed by atoms with van der Waals surface area (Å²) in [6.45, 7) is 3.59. The second-order valence-electron chi connectivity index (χ2n) is 7.25. The Morgan fingerprint density at radius 1 is 0.931 bits per heavy atom. The van der Waals surface area contributed by atoms with Gasteiger partial charge in [0.05, 0.1) is 6.92 Å². The van der Waals surface area contributed by atoms with Crippen LogP contribution in [0.2, 0.25) is 0 Å². The average molecular weight is 388 g/mol. The fraction of sp³-hybridized carbons (Fsp3) is 0.250. The molecule has 1 heterocycles. The van der Waals surface area contributed by atoms with Crippen LogP contribution in [0.25, 0.3) is 21.9 Å². The molecular weight excluding hydrogens is 362 g/mol. The molecule has 2 amide bonds. The van der Waals surface area contributed by atoms with Crippen LogP contribution in [0.4, 0.5) is 10.5 Å². The zero-order valence-electron chi connectivity index (χ0n) is 16.7. The highest BCUT2D eigenvalue weighted by molar-refractivity contribution is 5.93. The van der Waals surface area contributed by atoms with Crippen molar-refractivity contribution in [3.8, 4) is 0 Å². The second-order valence-corrected chi connectivity index (χ2v) is 7.25. The number of para-hydroxylation sites is 1. The topological polar surface area (TPSA) is 58.1 Å². The highest BCUT2D eigenvalue weighted by Gasteiger charge is 2.19. The minimum atomic E-state index is -0.158. The molecule has 3 aromatic carbocycles. The summed E-state index contributed by atoms with van der Waals surface area (Å²) >= 11 is 0. The highest BCUT2D eigenvalue weighted by atomic mass is 16.3. The van der Waals surface area contributed by atoms with Crippen LogP contribution in [0, 0.1) is 6.92 Å². The van der Waals surface area contributed by atoms with Gasteiger partial charge in [0.1, 0.15) is 0 Å². The average Bonchev–Trinajstić information content (AvgIpc) is 3.03. The lowest BCUT2D eigenvalue weighted by Gasteiger charge is -2.07. The first kappa shape index (κ1) is 19.0. The van der Waals surface area contributed by atoms with Crippen molar-refractivity contribution in [1.29, 1.82) is 0 Å². The summed E-state index contributed by atoms with van der Waals surface area (Å²) in [7, 11) is 0. The zero-order chi connectivity index (χ0) is 20.1. The maximum atomic E-state index is 11.9. The second kappa shape index (κ2) is 8.78. The maximum absolute atomic E-state index is 11.9. The Bertz CT molecular complexity index is 1120. The minimum Gasteiger partial charge on any atom is -0.402 e. The number of carbonyl (C=O) groups excluding carboxylic acids is 1. The number of carbonyl (C=O) groups is 1. The number of aryl methyl sites for hydroxylation is 2. The number of anilines is 1. The molecule has 4 rings (SSSR count). The standard InChI is InChI=1S/C24H25N3O2/c1-18-27(22-16-19-10-6-7-11-20(19)17-23(22)29-18)15-9-3-8-14-25-24(28)26-21-12-4-2-5-13-21/h2,4-7,10-13,16-17H,3,8-9,14-15H2,1H3,(H-,25,26,28)/p+1. The quantitative estimate of drug-likeness (QED) is 0.339. The molecule has 0 atom stereocenters. The van der Waals surface area contributed by atoms with E-state index >= 15 is 0 Å². The van der Waals surface area contributed by atoms with Gasteiger partial charge in [-0.1, -0.05) is 42.5 Å². The van der Waals surface area contributed by atoms with Crippen LogP contribution < -0.4 is 15.2 Å². The number of hydrogen-bond donors (Lipinski definition) is 2. The fourth-order valence-electron chi connectivity index (χ4n) is 3.63. The number of amides is 2. The van der Waals surface area contributed by atoms with Crippen molar-refractivity contribution in [2.24, 2.45) is 0 Å². The molecule has 0 saturated heterocycles. The number of nitrogens with one attached hydrogen (secondary N) is 2. The van der Waals surface area contributed by atoms with Gasteiger partial charge < -0.3 is 15.1 Å². The van der Waals surface area contributed by atoms with E-state index in [1.54, 1.807) is 0 Å². The summed E-state index contributed by atoms with van der Waals surface area (Å²) in [5.74, 6) is 0.927. The van der Waals surface area contributed by atoms with Crippen molar-refractivity contribution in [3.63, 3.8) is 0 Å². The summed E-state index contributed by atoms with van der Waals surface area (Å²) in [6, 6.07) is 22.0. The number of nitrogens with zero attached hydrogens (tertiary/aromatic N) is 1. The Balaban J connectivity index is 1.26. The number of oxazole rings is 1. The predicted octanol–water partition coefficient (Wildman–Crippen LogP) is 5.17. The number of rotatable bonds is 7. The SMILES string of the molecule is Cc1oc2cc3ccccc3cc2[n+]1CCCCCNC(=O)Nc1ccccc1. The Labute approximate surface area is 170 Å².